The van der Waals surface area contributed by atoms with E-state index >= 15 is 0 Å². The van der Waals surface area contributed by atoms with Crippen LogP contribution in [-0.4, -0.2) is 53.7 Å². The second-order valence-corrected chi connectivity index (χ2v) is 11.7. The monoisotopic (exact) mass is 516 g/mol. The molecule has 0 heterocycles. The highest BCUT2D eigenvalue weighted by molar-refractivity contribution is 6.01. The lowest BCUT2D eigenvalue weighted by Gasteiger charge is -2.59. The number of ether oxygens (including phenoxy) is 3. The molecule has 4 aliphatic rings. The number of ketones is 2. The minimum Gasteiger partial charge on any atom is -0.458 e. The number of Topliss-reactive ketones (excluding diaryl/α,β-unsaturated/α-hetero) is 1. The Labute approximate surface area is 218 Å². The first-order valence-corrected chi connectivity index (χ1v) is 13.6. The van der Waals surface area contributed by atoms with Crippen molar-refractivity contribution in [2.24, 2.45) is 28.6 Å². The molecule has 0 aliphatic heterocycles. The highest BCUT2D eigenvalue weighted by Crippen LogP contribution is 2.68. The Hall–Kier alpha value is -2.48. The first-order valence-electron chi connectivity index (χ1n) is 13.6. The van der Waals surface area contributed by atoms with Crippen LogP contribution in [0.15, 0.2) is 23.8 Å². The van der Waals surface area contributed by atoms with Gasteiger partial charge in [-0.15, -0.1) is 0 Å². The number of rotatable bonds is 8. The van der Waals surface area contributed by atoms with Crippen molar-refractivity contribution in [1.29, 1.82) is 0 Å². The molecule has 0 saturated heterocycles. The Morgan fingerprint density at radius 2 is 1.89 bits per heavy atom. The molecule has 204 valence electrons. The Morgan fingerprint density at radius 3 is 2.59 bits per heavy atom. The summed E-state index contributed by atoms with van der Waals surface area (Å²) in [7, 11) is 0. The van der Waals surface area contributed by atoms with Gasteiger partial charge in [-0.1, -0.05) is 45.3 Å². The molecule has 4 aliphatic carbocycles. The van der Waals surface area contributed by atoms with Crippen LogP contribution in [-0.2, 0) is 28.6 Å². The second kappa shape index (κ2) is 10.4. The topological polar surface area (TPSA) is 116 Å². The SMILES string of the molecule is CCCCCOC(=O)O[C@]1(C(=O)COC(C)=O)CC[C@H]2[C@@H]3CCC4=CC(=O)C=C[C@]4(C)[C@H]3C(O)C[C@@]21C. The fraction of sp³-hybridized carbons (Fsp3) is 0.724. The van der Waals surface area contributed by atoms with Crippen LogP contribution in [0.25, 0.3) is 0 Å². The van der Waals surface area contributed by atoms with Crippen molar-refractivity contribution in [3.63, 3.8) is 0 Å². The molecule has 4 rings (SSSR count). The lowest BCUT2D eigenvalue weighted by Crippen LogP contribution is -2.63. The van der Waals surface area contributed by atoms with E-state index in [9.17, 15) is 24.3 Å². The predicted molar refractivity (Wildman–Crippen MR) is 134 cm³/mol. The number of hydrogen-bond acceptors (Lipinski definition) is 8. The summed E-state index contributed by atoms with van der Waals surface area (Å²) in [6.45, 7) is 6.99. The van der Waals surface area contributed by atoms with Crippen molar-refractivity contribution < 1.29 is 38.5 Å². The molecule has 0 aromatic heterocycles. The number of aliphatic hydroxyl groups is 1. The third kappa shape index (κ3) is 4.66. The predicted octanol–water partition coefficient (Wildman–Crippen LogP) is 4.48. The van der Waals surface area contributed by atoms with Crippen LogP contribution in [0.3, 0.4) is 0 Å². The maximum Gasteiger partial charge on any atom is 0.509 e. The summed E-state index contributed by atoms with van der Waals surface area (Å²) >= 11 is 0. The van der Waals surface area contributed by atoms with Gasteiger partial charge in [-0.3, -0.25) is 14.4 Å². The van der Waals surface area contributed by atoms with Gasteiger partial charge in [-0.25, -0.2) is 4.79 Å². The highest BCUT2D eigenvalue weighted by atomic mass is 16.7. The smallest absolute Gasteiger partial charge is 0.458 e. The summed E-state index contributed by atoms with van der Waals surface area (Å²) in [5.41, 5.74) is -1.81. The van der Waals surface area contributed by atoms with Crippen LogP contribution < -0.4 is 0 Å². The third-order valence-electron chi connectivity index (χ3n) is 9.70. The number of aliphatic hydroxyl groups excluding tert-OH is 1. The average molecular weight is 517 g/mol. The molecule has 3 saturated carbocycles. The summed E-state index contributed by atoms with van der Waals surface area (Å²) < 4.78 is 16.3. The highest BCUT2D eigenvalue weighted by Gasteiger charge is 2.70. The molecule has 8 nitrogen and oxygen atoms in total. The minimum absolute atomic E-state index is 0.000488. The Bertz CT molecular complexity index is 1010. The van der Waals surface area contributed by atoms with E-state index in [4.69, 9.17) is 14.2 Å². The molecule has 1 unspecified atom stereocenters. The fourth-order valence-electron chi connectivity index (χ4n) is 7.96. The summed E-state index contributed by atoms with van der Waals surface area (Å²) in [5, 5.41) is 11.6. The number of fused-ring (bicyclic) bond motifs is 5. The third-order valence-corrected chi connectivity index (χ3v) is 9.70. The van der Waals surface area contributed by atoms with Crippen LogP contribution in [0.2, 0.25) is 0 Å². The van der Waals surface area contributed by atoms with E-state index in [1.807, 2.05) is 19.9 Å². The lowest BCUT2D eigenvalue weighted by atomic mass is 9.46. The van der Waals surface area contributed by atoms with Gasteiger partial charge in [0.1, 0.15) is 0 Å². The molecule has 3 fully saturated rings. The van der Waals surface area contributed by atoms with Crippen LogP contribution in [0, 0.1) is 28.6 Å². The van der Waals surface area contributed by atoms with Crippen LogP contribution in [0.4, 0.5) is 4.79 Å². The Kier molecular flexibility index (Phi) is 7.71. The molecule has 0 amide bonds. The van der Waals surface area contributed by atoms with Gasteiger partial charge in [0, 0.05) is 23.7 Å². The summed E-state index contributed by atoms with van der Waals surface area (Å²) in [4.78, 5) is 50.1. The van der Waals surface area contributed by atoms with Gasteiger partial charge in [0.05, 0.1) is 12.7 Å². The first kappa shape index (κ1) is 27.6. The van der Waals surface area contributed by atoms with Gasteiger partial charge in [0.25, 0.3) is 0 Å². The molecule has 0 aromatic carbocycles. The van der Waals surface area contributed by atoms with E-state index < -0.39 is 47.0 Å². The molecule has 0 aromatic rings. The zero-order valence-electron chi connectivity index (χ0n) is 22.4. The number of hydrogen-bond donors (Lipinski definition) is 1. The van der Waals surface area contributed by atoms with Crippen molar-refractivity contribution in [3.8, 4) is 0 Å². The number of carbonyl (C=O) groups excluding carboxylic acids is 4. The van der Waals surface area contributed by atoms with Crippen molar-refractivity contribution >= 4 is 23.7 Å². The van der Waals surface area contributed by atoms with Crippen molar-refractivity contribution in [2.45, 2.75) is 90.8 Å². The summed E-state index contributed by atoms with van der Waals surface area (Å²) in [5.74, 6) is -1.14. The van der Waals surface area contributed by atoms with Gasteiger partial charge < -0.3 is 19.3 Å². The number of carbonyl (C=O) groups is 4. The van der Waals surface area contributed by atoms with Crippen molar-refractivity contribution in [2.75, 3.05) is 13.2 Å². The van der Waals surface area contributed by atoms with E-state index in [0.717, 1.165) is 31.3 Å². The van der Waals surface area contributed by atoms with Gasteiger partial charge in [0.15, 0.2) is 18.0 Å². The summed E-state index contributed by atoms with van der Waals surface area (Å²) in [6, 6.07) is 0. The first-order chi connectivity index (χ1) is 17.5. The fourth-order valence-corrected chi connectivity index (χ4v) is 7.96. The van der Waals surface area contributed by atoms with E-state index in [-0.39, 0.29) is 43.0 Å². The maximum absolute atomic E-state index is 13.7. The van der Waals surface area contributed by atoms with Crippen LogP contribution >= 0.6 is 0 Å². The molecule has 0 spiro atoms. The van der Waals surface area contributed by atoms with Gasteiger partial charge in [-0.2, -0.15) is 0 Å². The molecular formula is C29H40O8. The molecule has 1 N–H and O–H groups in total. The average Bonchev–Trinajstić information content (AvgIpc) is 3.12. The Balaban J connectivity index is 1.65. The normalized spacial score (nSPS) is 38.1. The number of unbranched alkanes of at least 4 members (excludes halogenated alkanes) is 2. The lowest BCUT2D eigenvalue weighted by molar-refractivity contribution is -0.185. The molecule has 7 atom stereocenters. The molecule has 8 heteroatoms. The van der Waals surface area contributed by atoms with Gasteiger partial charge in [-0.05, 0) is 62.5 Å². The van der Waals surface area contributed by atoms with Crippen molar-refractivity contribution in [3.05, 3.63) is 23.8 Å². The van der Waals surface area contributed by atoms with Crippen LogP contribution in [0.1, 0.15) is 79.1 Å². The molecule has 0 radical (unpaired) electrons. The zero-order valence-corrected chi connectivity index (χ0v) is 22.4. The van der Waals surface area contributed by atoms with Crippen molar-refractivity contribution in [1.82, 2.24) is 0 Å². The van der Waals surface area contributed by atoms with Gasteiger partial charge in [0.2, 0.25) is 5.78 Å². The van der Waals surface area contributed by atoms with Crippen LogP contribution in [0.5, 0.6) is 0 Å². The molecule has 0 bridgehead atoms. The standard InChI is InChI=1S/C29H40O8/c1-5-6-7-14-35-26(34)37-29(24(33)17-36-18(2)30)13-11-22-21-9-8-19-15-20(31)10-12-27(19,3)25(21)23(32)16-28(22,29)4/h10,12,15,21-23,25,32H,5-9,11,13-14,16-17H2,1-4H3/t21-,22-,23?,25+,27-,28-,29-/m0/s1. The van der Waals surface area contributed by atoms with E-state index in [1.54, 1.807) is 12.2 Å². The molecular weight excluding hydrogens is 476 g/mol. The van der Waals surface area contributed by atoms with Gasteiger partial charge >= 0.3 is 12.1 Å². The summed E-state index contributed by atoms with van der Waals surface area (Å²) in [6.07, 6.45) is 8.82. The van der Waals surface area contributed by atoms with E-state index in [0.29, 0.717) is 12.8 Å². The second-order valence-electron chi connectivity index (χ2n) is 11.7. The quantitative estimate of drug-likeness (QED) is 0.371. The molecule has 37 heavy (non-hydrogen) atoms. The zero-order chi connectivity index (χ0) is 27.0. The van der Waals surface area contributed by atoms with E-state index in [2.05, 4.69) is 6.92 Å². The maximum atomic E-state index is 13.7. The number of allylic oxidation sites excluding steroid dienone is 4. The number of esters is 1. The van der Waals surface area contributed by atoms with E-state index in [1.165, 1.54) is 6.92 Å². The largest absolute Gasteiger partial charge is 0.509 e. The minimum atomic E-state index is -1.56. The Morgan fingerprint density at radius 1 is 1.14 bits per heavy atom.